The van der Waals surface area contributed by atoms with E-state index in [1.165, 1.54) is 45.4 Å². The Morgan fingerprint density at radius 1 is 1.07 bits per heavy atom. The molecular formula is C23H32N2O3. The van der Waals surface area contributed by atoms with Crippen molar-refractivity contribution in [1.82, 2.24) is 10.6 Å². The molecule has 0 spiro atoms. The minimum atomic E-state index is -0.320. The highest BCUT2D eigenvalue weighted by Crippen LogP contribution is 2.59. The van der Waals surface area contributed by atoms with Crippen LogP contribution in [0.25, 0.3) is 0 Å². The molecule has 152 valence electrons. The Bertz CT molecular complexity index is 693. The lowest BCUT2D eigenvalue weighted by Gasteiger charge is -2.56. The summed E-state index contributed by atoms with van der Waals surface area (Å²) in [5, 5.41) is 6.14. The third kappa shape index (κ3) is 4.18. The first kappa shape index (κ1) is 19.3. The van der Waals surface area contributed by atoms with Crippen LogP contribution in [0.2, 0.25) is 0 Å². The maximum atomic E-state index is 12.7. The van der Waals surface area contributed by atoms with E-state index in [9.17, 15) is 9.59 Å². The van der Waals surface area contributed by atoms with Crippen LogP contribution in [0, 0.1) is 23.2 Å². The maximum Gasteiger partial charge on any atom is 0.222 e. The molecule has 4 bridgehead atoms. The maximum absolute atomic E-state index is 12.7. The molecule has 0 radical (unpaired) electrons. The highest BCUT2D eigenvalue weighted by Gasteiger charge is 2.50. The van der Waals surface area contributed by atoms with Crippen LogP contribution in [0.5, 0.6) is 5.75 Å². The van der Waals surface area contributed by atoms with Gasteiger partial charge in [-0.1, -0.05) is 12.1 Å². The van der Waals surface area contributed by atoms with Gasteiger partial charge in [-0.15, -0.1) is 0 Å². The SMILES string of the molecule is COc1ccc([C@@H](CC(=O)NCC23CC4CC(CC(C4)C2)C3)NC(C)=O)cc1. The molecule has 0 unspecified atom stereocenters. The molecule has 4 aliphatic rings. The molecule has 1 aromatic carbocycles. The smallest absolute Gasteiger partial charge is 0.222 e. The van der Waals surface area contributed by atoms with E-state index in [2.05, 4.69) is 10.6 Å². The Kier molecular flexibility index (Phi) is 5.35. The number of benzene rings is 1. The van der Waals surface area contributed by atoms with Crippen molar-refractivity contribution in [2.45, 2.75) is 57.9 Å². The summed E-state index contributed by atoms with van der Waals surface area (Å²) in [6.45, 7) is 2.29. The molecule has 0 aliphatic heterocycles. The molecule has 0 heterocycles. The Balaban J connectivity index is 1.37. The fraction of sp³-hybridized carbons (Fsp3) is 0.652. The number of amides is 2. The zero-order valence-corrected chi connectivity index (χ0v) is 17.0. The third-order valence-corrected chi connectivity index (χ3v) is 7.11. The van der Waals surface area contributed by atoms with Gasteiger partial charge < -0.3 is 15.4 Å². The van der Waals surface area contributed by atoms with E-state index >= 15 is 0 Å². The van der Waals surface area contributed by atoms with Crippen molar-refractivity contribution in [2.24, 2.45) is 23.2 Å². The number of ether oxygens (including phenoxy) is 1. The standard InChI is InChI=1S/C23H32N2O3/c1-15(26)25-21(19-3-5-20(28-2)6-4-19)10-22(27)24-14-23-11-16-7-17(12-23)9-18(8-16)13-23/h3-6,16-18,21H,7-14H2,1-2H3,(H,24,27)(H,25,26)/t16?,17?,18?,21-,23?/m1/s1. The number of carbonyl (C=O) groups excluding carboxylic acids is 2. The van der Waals surface area contributed by atoms with Gasteiger partial charge in [0, 0.05) is 13.5 Å². The highest BCUT2D eigenvalue weighted by molar-refractivity contribution is 5.79. The van der Waals surface area contributed by atoms with Crippen LogP contribution in [-0.2, 0) is 9.59 Å². The van der Waals surface area contributed by atoms with E-state index in [-0.39, 0.29) is 24.3 Å². The topological polar surface area (TPSA) is 67.4 Å². The normalized spacial score (nSPS) is 31.3. The zero-order valence-electron chi connectivity index (χ0n) is 17.0. The van der Waals surface area contributed by atoms with Crippen LogP contribution in [-0.4, -0.2) is 25.5 Å². The molecule has 5 nitrogen and oxygen atoms in total. The van der Waals surface area contributed by atoms with Gasteiger partial charge in [-0.25, -0.2) is 0 Å². The van der Waals surface area contributed by atoms with Crippen LogP contribution < -0.4 is 15.4 Å². The molecule has 4 aliphatic carbocycles. The molecule has 0 saturated heterocycles. The molecule has 1 aromatic rings. The fourth-order valence-corrected chi connectivity index (χ4v) is 6.38. The molecule has 2 N–H and O–H groups in total. The highest BCUT2D eigenvalue weighted by atomic mass is 16.5. The first-order valence-electron chi connectivity index (χ1n) is 10.6. The van der Waals surface area contributed by atoms with Gasteiger partial charge in [-0.2, -0.15) is 0 Å². The number of hydrogen-bond acceptors (Lipinski definition) is 3. The lowest BCUT2D eigenvalue weighted by atomic mass is 9.49. The van der Waals surface area contributed by atoms with Gasteiger partial charge in [0.2, 0.25) is 11.8 Å². The molecule has 5 rings (SSSR count). The van der Waals surface area contributed by atoms with E-state index in [1.807, 2.05) is 24.3 Å². The Morgan fingerprint density at radius 3 is 2.14 bits per heavy atom. The second-order valence-electron chi connectivity index (χ2n) is 9.42. The summed E-state index contributed by atoms with van der Waals surface area (Å²) in [7, 11) is 1.62. The van der Waals surface area contributed by atoms with Crippen molar-refractivity contribution in [3.63, 3.8) is 0 Å². The summed E-state index contributed by atoms with van der Waals surface area (Å²) >= 11 is 0. The molecule has 4 saturated carbocycles. The van der Waals surface area contributed by atoms with Crippen LogP contribution in [0.4, 0.5) is 0 Å². The van der Waals surface area contributed by atoms with E-state index in [4.69, 9.17) is 4.74 Å². The minimum Gasteiger partial charge on any atom is -0.497 e. The Hall–Kier alpha value is -2.04. The van der Waals surface area contributed by atoms with Crippen LogP contribution in [0.1, 0.15) is 63.5 Å². The van der Waals surface area contributed by atoms with E-state index in [1.54, 1.807) is 7.11 Å². The minimum absolute atomic E-state index is 0.0188. The van der Waals surface area contributed by atoms with Crippen LogP contribution in [0.3, 0.4) is 0 Å². The largest absolute Gasteiger partial charge is 0.497 e. The lowest BCUT2D eigenvalue weighted by Crippen LogP contribution is -2.51. The predicted molar refractivity (Wildman–Crippen MR) is 108 cm³/mol. The van der Waals surface area contributed by atoms with Gasteiger partial charge in [-0.3, -0.25) is 9.59 Å². The monoisotopic (exact) mass is 384 g/mol. The van der Waals surface area contributed by atoms with Crippen LogP contribution in [0.15, 0.2) is 24.3 Å². The summed E-state index contributed by atoms with van der Waals surface area (Å²) in [5.74, 6) is 3.30. The van der Waals surface area contributed by atoms with Crippen molar-refractivity contribution in [3.8, 4) is 5.75 Å². The fourth-order valence-electron chi connectivity index (χ4n) is 6.38. The van der Waals surface area contributed by atoms with Gasteiger partial charge in [0.25, 0.3) is 0 Å². The number of nitrogens with one attached hydrogen (secondary N) is 2. The summed E-state index contributed by atoms with van der Waals surface area (Å²) in [6.07, 6.45) is 8.35. The van der Waals surface area contributed by atoms with E-state index in [0.717, 1.165) is 35.6 Å². The summed E-state index contributed by atoms with van der Waals surface area (Å²) < 4.78 is 5.20. The molecule has 5 heteroatoms. The number of rotatable bonds is 7. The molecule has 4 fully saturated rings. The molecule has 28 heavy (non-hydrogen) atoms. The lowest BCUT2D eigenvalue weighted by molar-refractivity contribution is -0.124. The van der Waals surface area contributed by atoms with Gasteiger partial charge in [0.15, 0.2) is 0 Å². The van der Waals surface area contributed by atoms with Gasteiger partial charge >= 0.3 is 0 Å². The third-order valence-electron chi connectivity index (χ3n) is 7.11. The second-order valence-corrected chi connectivity index (χ2v) is 9.42. The first-order chi connectivity index (χ1) is 13.4. The Labute approximate surface area is 167 Å². The zero-order chi connectivity index (χ0) is 19.7. The molecule has 1 atom stereocenters. The number of hydrogen-bond donors (Lipinski definition) is 2. The summed E-state index contributed by atoms with van der Waals surface area (Å²) in [4.78, 5) is 24.4. The number of methoxy groups -OCH3 is 1. The number of carbonyl (C=O) groups is 2. The molecular weight excluding hydrogens is 352 g/mol. The average molecular weight is 385 g/mol. The molecule has 2 amide bonds. The van der Waals surface area contributed by atoms with Gasteiger partial charge in [-0.05, 0) is 79.4 Å². The molecule has 0 aromatic heterocycles. The Morgan fingerprint density at radius 2 is 1.64 bits per heavy atom. The first-order valence-corrected chi connectivity index (χ1v) is 10.6. The van der Waals surface area contributed by atoms with Crippen molar-refractivity contribution in [3.05, 3.63) is 29.8 Å². The predicted octanol–water partition coefficient (Wildman–Crippen LogP) is 3.60. The van der Waals surface area contributed by atoms with Crippen molar-refractivity contribution >= 4 is 11.8 Å². The second kappa shape index (κ2) is 7.76. The van der Waals surface area contributed by atoms with Crippen molar-refractivity contribution in [1.29, 1.82) is 0 Å². The van der Waals surface area contributed by atoms with Crippen molar-refractivity contribution < 1.29 is 14.3 Å². The van der Waals surface area contributed by atoms with Crippen molar-refractivity contribution in [2.75, 3.05) is 13.7 Å². The van der Waals surface area contributed by atoms with Crippen LogP contribution >= 0.6 is 0 Å². The summed E-state index contributed by atoms with van der Waals surface area (Å²) in [5.41, 5.74) is 1.24. The quantitative estimate of drug-likeness (QED) is 0.755. The average Bonchev–Trinajstić information content (AvgIpc) is 2.65. The van der Waals surface area contributed by atoms with Gasteiger partial charge in [0.05, 0.1) is 19.6 Å². The van der Waals surface area contributed by atoms with E-state index in [0.29, 0.717) is 5.41 Å². The van der Waals surface area contributed by atoms with E-state index < -0.39 is 0 Å². The van der Waals surface area contributed by atoms with Gasteiger partial charge in [0.1, 0.15) is 5.75 Å². The summed E-state index contributed by atoms with van der Waals surface area (Å²) in [6, 6.07) is 7.21.